The maximum absolute atomic E-state index is 11.7. The highest BCUT2D eigenvalue weighted by atomic mass is 127. The third-order valence-corrected chi connectivity index (χ3v) is 3.49. The molecule has 1 aliphatic heterocycles. The molecule has 1 aromatic heterocycles. The van der Waals surface area contributed by atoms with E-state index in [1.807, 2.05) is 6.92 Å². The zero-order valence-electron chi connectivity index (χ0n) is 9.17. The molecule has 0 amide bonds. The molecule has 0 bridgehead atoms. The Morgan fingerprint density at radius 3 is 2.88 bits per heavy atom. The van der Waals surface area contributed by atoms with Gasteiger partial charge in [-0.25, -0.2) is 9.78 Å². The van der Waals surface area contributed by atoms with Gasteiger partial charge in [-0.3, -0.25) is 0 Å². The number of hydrogen-bond acceptors (Lipinski definition) is 4. The second-order valence-corrected chi connectivity index (χ2v) is 4.57. The van der Waals surface area contributed by atoms with E-state index in [2.05, 4.69) is 27.6 Å². The Labute approximate surface area is 107 Å². The predicted octanol–water partition coefficient (Wildman–Crippen LogP) is 2.20. The number of carbonyl (C=O) groups excluding carboxylic acids is 1. The van der Waals surface area contributed by atoms with Gasteiger partial charge in [0.25, 0.3) is 0 Å². The monoisotopic (exact) mass is 333 g/mol. The highest BCUT2D eigenvalue weighted by Gasteiger charge is 2.24. The molecule has 1 aromatic rings. The van der Waals surface area contributed by atoms with Crippen LogP contribution in [-0.2, 0) is 22.7 Å². The topological polar surface area (TPSA) is 48.4 Å². The Hall–Kier alpha value is -0.690. The second kappa shape index (κ2) is 4.67. The summed E-state index contributed by atoms with van der Waals surface area (Å²) in [6.07, 6.45) is 0. The Balaban J connectivity index is 2.48. The molecule has 0 radical (unpaired) electrons. The van der Waals surface area contributed by atoms with Crippen LogP contribution in [0, 0.1) is 10.6 Å². The minimum atomic E-state index is -0.354. The lowest BCUT2D eigenvalue weighted by atomic mass is 10.1. The molecule has 0 atom stereocenters. The fraction of sp³-hybridized carbons (Fsp3) is 0.455. The maximum Gasteiger partial charge on any atom is 0.357 e. The number of halogens is 1. The summed E-state index contributed by atoms with van der Waals surface area (Å²) in [6.45, 7) is 5.19. The van der Waals surface area contributed by atoms with E-state index in [0.29, 0.717) is 25.5 Å². The van der Waals surface area contributed by atoms with Crippen LogP contribution in [0.25, 0.3) is 0 Å². The van der Waals surface area contributed by atoms with Crippen LogP contribution in [0.5, 0.6) is 0 Å². The first-order valence-corrected chi connectivity index (χ1v) is 6.15. The Morgan fingerprint density at radius 2 is 2.19 bits per heavy atom. The van der Waals surface area contributed by atoms with E-state index >= 15 is 0 Å². The van der Waals surface area contributed by atoms with Crippen molar-refractivity contribution in [1.82, 2.24) is 4.98 Å². The fourth-order valence-corrected chi connectivity index (χ4v) is 2.46. The minimum absolute atomic E-state index is 0.354. The van der Waals surface area contributed by atoms with Crippen molar-refractivity contribution in [3.8, 4) is 0 Å². The van der Waals surface area contributed by atoms with Crippen LogP contribution < -0.4 is 0 Å². The van der Waals surface area contributed by atoms with Gasteiger partial charge in [-0.05, 0) is 47.6 Å². The summed E-state index contributed by atoms with van der Waals surface area (Å²) in [6, 6.07) is 0. The largest absolute Gasteiger partial charge is 0.461 e. The van der Waals surface area contributed by atoms with Crippen molar-refractivity contribution in [1.29, 1.82) is 0 Å². The van der Waals surface area contributed by atoms with Gasteiger partial charge in [-0.1, -0.05) is 0 Å². The van der Waals surface area contributed by atoms with Crippen molar-refractivity contribution < 1.29 is 14.3 Å². The molecular weight excluding hydrogens is 321 g/mol. The number of rotatable bonds is 2. The van der Waals surface area contributed by atoms with Crippen molar-refractivity contribution in [2.24, 2.45) is 0 Å². The maximum atomic E-state index is 11.7. The average Bonchev–Trinajstić information content (AvgIpc) is 2.73. The number of carbonyl (C=O) groups is 1. The predicted molar refractivity (Wildman–Crippen MR) is 66.1 cm³/mol. The smallest absolute Gasteiger partial charge is 0.357 e. The molecule has 0 aromatic carbocycles. The molecule has 86 valence electrons. The van der Waals surface area contributed by atoms with E-state index in [9.17, 15) is 4.79 Å². The molecule has 0 unspecified atom stereocenters. The summed E-state index contributed by atoms with van der Waals surface area (Å²) in [5.74, 6) is -0.354. The van der Waals surface area contributed by atoms with Gasteiger partial charge in [0, 0.05) is 5.56 Å². The number of nitrogens with zero attached hydrogens (tertiary/aromatic N) is 1. The Bertz CT molecular complexity index is 445. The number of fused-ring (bicyclic) bond motifs is 1. The van der Waals surface area contributed by atoms with Crippen molar-refractivity contribution >= 4 is 28.6 Å². The quantitative estimate of drug-likeness (QED) is 0.473. The SMILES string of the molecule is CCOC(=O)c1nc(I)c2c(c1C)COC2. The highest BCUT2D eigenvalue weighted by molar-refractivity contribution is 14.1. The van der Waals surface area contributed by atoms with Crippen molar-refractivity contribution in [3.63, 3.8) is 0 Å². The normalized spacial score (nSPS) is 13.7. The number of aromatic nitrogens is 1. The Kier molecular flexibility index (Phi) is 3.44. The van der Waals surface area contributed by atoms with Crippen molar-refractivity contribution in [3.05, 3.63) is 26.1 Å². The van der Waals surface area contributed by atoms with Crippen LogP contribution >= 0.6 is 22.6 Å². The third kappa shape index (κ3) is 1.93. The molecule has 0 fully saturated rings. The molecule has 4 nitrogen and oxygen atoms in total. The molecule has 5 heteroatoms. The standard InChI is InChI=1S/C11H12INO3/c1-3-16-11(14)9-6(2)7-4-15-5-8(7)10(12)13-9/h3-5H2,1-2H3. The van der Waals surface area contributed by atoms with Crippen LogP contribution in [0.2, 0.25) is 0 Å². The summed E-state index contributed by atoms with van der Waals surface area (Å²) in [5, 5.41) is 0. The van der Waals surface area contributed by atoms with Crippen molar-refractivity contribution in [2.45, 2.75) is 27.1 Å². The summed E-state index contributed by atoms with van der Waals surface area (Å²) in [4.78, 5) is 16.0. The van der Waals surface area contributed by atoms with Gasteiger partial charge in [0.2, 0.25) is 0 Å². The van der Waals surface area contributed by atoms with Crippen LogP contribution in [0.3, 0.4) is 0 Å². The van der Waals surface area contributed by atoms with E-state index in [1.54, 1.807) is 6.92 Å². The van der Waals surface area contributed by atoms with Gasteiger partial charge < -0.3 is 9.47 Å². The molecule has 16 heavy (non-hydrogen) atoms. The van der Waals surface area contributed by atoms with Gasteiger partial charge in [0.05, 0.1) is 19.8 Å². The zero-order valence-corrected chi connectivity index (χ0v) is 11.3. The Morgan fingerprint density at radius 1 is 1.50 bits per heavy atom. The molecule has 0 N–H and O–H groups in total. The summed E-state index contributed by atoms with van der Waals surface area (Å²) >= 11 is 2.13. The average molecular weight is 333 g/mol. The van der Waals surface area contributed by atoms with E-state index in [-0.39, 0.29) is 5.97 Å². The first-order valence-electron chi connectivity index (χ1n) is 5.07. The van der Waals surface area contributed by atoms with E-state index in [4.69, 9.17) is 9.47 Å². The van der Waals surface area contributed by atoms with Gasteiger partial charge in [0.1, 0.15) is 3.70 Å². The van der Waals surface area contributed by atoms with Crippen LogP contribution in [0.4, 0.5) is 0 Å². The van der Waals surface area contributed by atoms with Gasteiger partial charge in [-0.15, -0.1) is 0 Å². The summed E-state index contributed by atoms with van der Waals surface area (Å²) < 4.78 is 11.2. The molecule has 2 heterocycles. The molecule has 2 rings (SSSR count). The lowest BCUT2D eigenvalue weighted by Gasteiger charge is -2.09. The van der Waals surface area contributed by atoms with Crippen LogP contribution in [0.15, 0.2) is 0 Å². The molecule has 0 saturated carbocycles. The minimum Gasteiger partial charge on any atom is -0.461 e. The molecule has 0 saturated heterocycles. The first kappa shape index (κ1) is 11.8. The number of esters is 1. The van der Waals surface area contributed by atoms with E-state index in [1.165, 1.54) is 0 Å². The summed E-state index contributed by atoms with van der Waals surface area (Å²) in [7, 11) is 0. The lowest BCUT2D eigenvalue weighted by Crippen LogP contribution is -2.12. The molecular formula is C11H12INO3. The van der Waals surface area contributed by atoms with E-state index < -0.39 is 0 Å². The van der Waals surface area contributed by atoms with Gasteiger partial charge in [0.15, 0.2) is 5.69 Å². The highest BCUT2D eigenvalue weighted by Crippen LogP contribution is 2.28. The van der Waals surface area contributed by atoms with Gasteiger partial charge in [-0.2, -0.15) is 0 Å². The summed E-state index contributed by atoms with van der Waals surface area (Å²) in [5.41, 5.74) is 3.48. The zero-order chi connectivity index (χ0) is 11.7. The molecule has 0 aliphatic carbocycles. The lowest BCUT2D eigenvalue weighted by molar-refractivity contribution is 0.0518. The number of pyridine rings is 1. The second-order valence-electron chi connectivity index (χ2n) is 3.55. The van der Waals surface area contributed by atoms with E-state index in [0.717, 1.165) is 20.4 Å². The molecule has 1 aliphatic rings. The van der Waals surface area contributed by atoms with Crippen LogP contribution in [0.1, 0.15) is 34.1 Å². The fourth-order valence-electron chi connectivity index (χ4n) is 1.74. The third-order valence-electron chi connectivity index (χ3n) is 2.59. The molecule has 0 spiro atoms. The number of ether oxygens (including phenoxy) is 2. The van der Waals surface area contributed by atoms with Crippen molar-refractivity contribution in [2.75, 3.05) is 6.61 Å². The first-order chi connectivity index (χ1) is 7.65. The van der Waals surface area contributed by atoms with Crippen LogP contribution in [-0.4, -0.2) is 17.6 Å². The number of hydrogen-bond donors (Lipinski definition) is 0. The van der Waals surface area contributed by atoms with Gasteiger partial charge >= 0.3 is 5.97 Å².